The van der Waals surface area contributed by atoms with Crippen LogP contribution in [0.25, 0.3) is 0 Å². The summed E-state index contributed by atoms with van der Waals surface area (Å²) in [6.07, 6.45) is 4.64. The molecule has 0 aliphatic carbocycles. The first kappa shape index (κ1) is 14.8. The Bertz CT molecular complexity index is 282. The summed E-state index contributed by atoms with van der Waals surface area (Å²) in [4.78, 5) is 16.0. The number of piperidine rings is 2. The predicted molar refractivity (Wildman–Crippen MR) is 75.1 cm³/mol. The summed E-state index contributed by atoms with van der Waals surface area (Å²) in [6.45, 7) is 4.34. The van der Waals surface area contributed by atoms with Crippen LogP contribution in [0.1, 0.15) is 25.7 Å². The van der Waals surface area contributed by atoms with Gasteiger partial charge in [-0.1, -0.05) is 0 Å². The Balaban J connectivity index is 1.67. The lowest BCUT2D eigenvalue weighted by Gasteiger charge is -2.37. The van der Waals surface area contributed by atoms with E-state index in [0.717, 1.165) is 25.9 Å². The van der Waals surface area contributed by atoms with Gasteiger partial charge in [0, 0.05) is 32.3 Å². The van der Waals surface area contributed by atoms with Crippen LogP contribution in [-0.4, -0.2) is 74.7 Å². The van der Waals surface area contributed by atoms with E-state index in [9.17, 15) is 4.79 Å². The minimum absolute atomic E-state index is 0.125. The van der Waals surface area contributed by atoms with Crippen LogP contribution in [0.4, 0.5) is 0 Å². The number of hydrogen-bond acceptors (Lipinski definition) is 4. The molecule has 2 heterocycles. The van der Waals surface area contributed by atoms with Crippen LogP contribution in [0.2, 0.25) is 0 Å². The van der Waals surface area contributed by atoms with Crippen molar-refractivity contribution in [3.8, 4) is 0 Å². The van der Waals surface area contributed by atoms with Gasteiger partial charge < -0.3 is 19.9 Å². The first-order valence-corrected chi connectivity index (χ1v) is 7.40. The fourth-order valence-electron chi connectivity index (χ4n) is 3.02. The van der Waals surface area contributed by atoms with Gasteiger partial charge in [-0.05, 0) is 45.8 Å². The topological polar surface area (TPSA) is 44.8 Å². The quantitative estimate of drug-likeness (QED) is 0.798. The predicted octanol–water partition coefficient (Wildman–Crippen LogP) is 0.308. The molecular weight excluding hydrogens is 242 g/mol. The Kier molecular flexibility index (Phi) is 5.60. The van der Waals surface area contributed by atoms with Crippen molar-refractivity contribution in [1.82, 2.24) is 15.1 Å². The molecule has 0 spiro atoms. The lowest BCUT2D eigenvalue weighted by atomic mass is 10.00. The van der Waals surface area contributed by atoms with Gasteiger partial charge in [0.2, 0.25) is 5.91 Å². The van der Waals surface area contributed by atoms with E-state index < -0.39 is 0 Å². The van der Waals surface area contributed by atoms with Crippen LogP contribution in [0.5, 0.6) is 0 Å². The summed E-state index contributed by atoms with van der Waals surface area (Å²) in [5.41, 5.74) is 0. The summed E-state index contributed by atoms with van der Waals surface area (Å²) < 4.78 is 4.90. The van der Waals surface area contributed by atoms with Crippen LogP contribution in [0.3, 0.4) is 0 Å². The number of carbonyl (C=O) groups excluding carboxylic acids is 1. The molecule has 110 valence electrons. The van der Waals surface area contributed by atoms with E-state index in [0.29, 0.717) is 12.1 Å². The maximum Gasteiger partial charge on any atom is 0.248 e. The number of amides is 1. The van der Waals surface area contributed by atoms with E-state index in [1.54, 1.807) is 7.11 Å². The van der Waals surface area contributed by atoms with Gasteiger partial charge in [0.05, 0.1) is 0 Å². The smallest absolute Gasteiger partial charge is 0.248 e. The molecule has 2 aliphatic heterocycles. The summed E-state index contributed by atoms with van der Waals surface area (Å²) in [5.74, 6) is 0.125. The van der Waals surface area contributed by atoms with E-state index in [2.05, 4.69) is 17.3 Å². The van der Waals surface area contributed by atoms with Gasteiger partial charge in [0.25, 0.3) is 0 Å². The Labute approximate surface area is 116 Å². The van der Waals surface area contributed by atoms with Gasteiger partial charge in [-0.15, -0.1) is 0 Å². The molecule has 0 atom stereocenters. The highest BCUT2D eigenvalue weighted by molar-refractivity contribution is 5.77. The normalized spacial score (nSPS) is 23.8. The molecule has 2 saturated heterocycles. The van der Waals surface area contributed by atoms with E-state index >= 15 is 0 Å². The van der Waals surface area contributed by atoms with Gasteiger partial charge in [0.15, 0.2) is 0 Å². The molecule has 0 radical (unpaired) electrons. The molecule has 0 saturated carbocycles. The monoisotopic (exact) mass is 269 g/mol. The highest BCUT2D eigenvalue weighted by Crippen LogP contribution is 2.15. The fraction of sp³-hybridized carbons (Fsp3) is 0.929. The molecule has 2 fully saturated rings. The Morgan fingerprint density at radius 1 is 1.11 bits per heavy atom. The van der Waals surface area contributed by atoms with E-state index in [-0.39, 0.29) is 12.5 Å². The van der Waals surface area contributed by atoms with Crippen molar-refractivity contribution in [3.05, 3.63) is 0 Å². The zero-order chi connectivity index (χ0) is 13.7. The van der Waals surface area contributed by atoms with E-state index in [1.807, 2.05) is 4.90 Å². The lowest BCUT2D eigenvalue weighted by Crippen LogP contribution is -2.50. The average Bonchev–Trinajstić information content (AvgIpc) is 2.42. The zero-order valence-electron chi connectivity index (χ0n) is 12.2. The summed E-state index contributed by atoms with van der Waals surface area (Å²) in [7, 11) is 3.77. The van der Waals surface area contributed by atoms with Crippen molar-refractivity contribution in [1.29, 1.82) is 0 Å². The van der Waals surface area contributed by atoms with Crippen molar-refractivity contribution >= 4 is 5.91 Å². The van der Waals surface area contributed by atoms with Crippen molar-refractivity contribution < 1.29 is 9.53 Å². The molecule has 5 nitrogen and oxygen atoms in total. The first-order valence-electron chi connectivity index (χ1n) is 7.40. The number of likely N-dealkylation sites (tertiary alicyclic amines) is 2. The number of methoxy groups -OCH3 is 1. The summed E-state index contributed by atoms with van der Waals surface area (Å²) in [5, 5.41) is 3.77. The molecule has 1 N–H and O–H groups in total. The number of carbonyl (C=O) groups is 1. The molecular formula is C14H27N3O2. The molecule has 2 rings (SSSR count). The van der Waals surface area contributed by atoms with Gasteiger partial charge in [-0.25, -0.2) is 0 Å². The molecule has 19 heavy (non-hydrogen) atoms. The van der Waals surface area contributed by atoms with Crippen LogP contribution in [-0.2, 0) is 9.53 Å². The van der Waals surface area contributed by atoms with Crippen LogP contribution in [0, 0.1) is 0 Å². The van der Waals surface area contributed by atoms with Crippen molar-refractivity contribution in [2.75, 3.05) is 46.9 Å². The maximum absolute atomic E-state index is 11.7. The van der Waals surface area contributed by atoms with Crippen molar-refractivity contribution in [3.63, 3.8) is 0 Å². The highest BCUT2D eigenvalue weighted by atomic mass is 16.5. The standard InChI is InChI=1S/C14H27N3O2/c1-16-7-3-12(4-8-16)15-13-5-9-17(10-6-13)14(18)11-19-2/h12-13,15H,3-11H2,1-2H3. The summed E-state index contributed by atoms with van der Waals surface area (Å²) in [6, 6.07) is 1.25. The molecule has 2 aliphatic rings. The van der Waals surface area contributed by atoms with E-state index in [1.165, 1.54) is 25.9 Å². The molecule has 1 amide bonds. The maximum atomic E-state index is 11.7. The second-order valence-electron chi connectivity index (χ2n) is 5.83. The minimum atomic E-state index is 0.125. The molecule has 0 bridgehead atoms. The van der Waals surface area contributed by atoms with Gasteiger partial charge in [0.1, 0.15) is 6.61 Å². The minimum Gasteiger partial charge on any atom is -0.375 e. The van der Waals surface area contributed by atoms with Crippen LogP contribution < -0.4 is 5.32 Å². The van der Waals surface area contributed by atoms with Crippen LogP contribution >= 0.6 is 0 Å². The molecule has 0 unspecified atom stereocenters. The van der Waals surface area contributed by atoms with Gasteiger partial charge >= 0.3 is 0 Å². The lowest BCUT2D eigenvalue weighted by molar-refractivity contribution is -0.136. The number of ether oxygens (including phenoxy) is 1. The molecule has 0 aromatic rings. The third-order valence-electron chi connectivity index (χ3n) is 4.31. The molecule has 5 heteroatoms. The molecule has 0 aromatic carbocycles. The van der Waals surface area contributed by atoms with Gasteiger partial charge in [-0.2, -0.15) is 0 Å². The largest absolute Gasteiger partial charge is 0.375 e. The second kappa shape index (κ2) is 7.22. The third-order valence-corrected chi connectivity index (χ3v) is 4.31. The fourth-order valence-corrected chi connectivity index (χ4v) is 3.02. The number of nitrogens with zero attached hydrogens (tertiary/aromatic N) is 2. The Hall–Kier alpha value is -0.650. The van der Waals surface area contributed by atoms with Gasteiger partial charge in [-0.3, -0.25) is 4.79 Å². The first-order chi connectivity index (χ1) is 9.19. The highest BCUT2D eigenvalue weighted by Gasteiger charge is 2.25. The third kappa shape index (κ3) is 4.44. The Morgan fingerprint density at radius 2 is 1.63 bits per heavy atom. The second-order valence-corrected chi connectivity index (χ2v) is 5.83. The number of hydrogen-bond donors (Lipinski definition) is 1. The zero-order valence-corrected chi connectivity index (χ0v) is 12.2. The number of rotatable bonds is 4. The van der Waals surface area contributed by atoms with Crippen molar-refractivity contribution in [2.45, 2.75) is 37.8 Å². The summed E-state index contributed by atoms with van der Waals surface area (Å²) >= 11 is 0. The molecule has 0 aromatic heterocycles. The number of nitrogens with one attached hydrogen (secondary N) is 1. The van der Waals surface area contributed by atoms with Crippen LogP contribution in [0.15, 0.2) is 0 Å². The SMILES string of the molecule is COCC(=O)N1CCC(NC2CCN(C)CC2)CC1. The van der Waals surface area contributed by atoms with Crippen molar-refractivity contribution in [2.24, 2.45) is 0 Å². The Morgan fingerprint density at radius 3 is 2.16 bits per heavy atom. The average molecular weight is 269 g/mol. The van der Waals surface area contributed by atoms with E-state index in [4.69, 9.17) is 4.74 Å².